The first-order valence-corrected chi connectivity index (χ1v) is 3.12. The first-order chi connectivity index (χ1) is 5.61. The number of hydrogen-bond donors (Lipinski definition) is 1. The molecular formula is C7H5F2NO2. The Balaban J connectivity index is 3.04. The van der Waals surface area contributed by atoms with Crippen molar-refractivity contribution in [3.05, 3.63) is 29.6 Å². The standard InChI is InChI=1S/C7H5F2NO2/c8-5-1-2-10-7(9)4(5)3-6(11)12/h1-2H,3H2,(H,11,12). The number of carboxylic acids is 1. The first-order valence-electron chi connectivity index (χ1n) is 3.12. The van der Waals surface area contributed by atoms with Crippen LogP contribution < -0.4 is 0 Å². The molecule has 1 heterocycles. The van der Waals surface area contributed by atoms with Gasteiger partial charge in [0.1, 0.15) is 5.82 Å². The van der Waals surface area contributed by atoms with E-state index in [4.69, 9.17) is 5.11 Å². The van der Waals surface area contributed by atoms with E-state index in [1.54, 1.807) is 0 Å². The smallest absolute Gasteiger partial charge is 0.308 e. The van der Waals surface area contributed by atoms with Crippen molar-refractivity contribution in [3.63, 3.8) is 0 Å². The van der Waals surface area contributed by atoms with E-state index >= 15 is 0 Å². The maximum Gasteiger partial charge on any atom is 0.308 e. The van der Waals surface area contributed by atoms with Crippen molar-refractivity contribution in [3.8, 4) is 0 Å². The number of carbonyl (C=O) groups is 1. The second kappa shape index (κ2) is 3.25. The highest BCUT2D eigenvalue weighted by Gasteiger charge is 2.12. The number of carboxylic acid groups (broad SMARTS) is 1. The summed E-state index contributed by atoms with van der Waals surface area (Å²) in [5, 5.41) is 8.25. The van der Waals surface area contributed by atoms with Crippen molar-refractivity contribution in [1.29, 1.82) is 0 Å². The van der Waals surface area contributed by atoms with Crippen LogP contribution in [0.25, 0.3) is 0 Å². The molecule has 0 saturated heterocycles. The van der Waals surface area contributed by atoms with Crippen LogP contribution in [-0.2, 0) is 11.2 Å². The van der Waals surface area contributed by atoms with E-state index in [2.05, 4.69) is 4.98 Å². The molecule has 0 saturated carbocycles. The van der Waals surface area contributed by atoms with Crippen LogP contribution in [-0.4, -0.2) is 16.1 Å². The molecule has 0 spiro atoms. The van der Waals surface area contributed by atoms with Gasteiger partial charge in [0.2, 0.25) is 5.95 Å². The number of hydrogen-bond acceptors (Lipinski definition) is 2. The maximum absolute atomic E-state index is 12.7. The molecule has 0 aliphatic heterocycles. The minimum atomic E-state index is -1.29. The average Bonchev–Trinajstić information content (AvgIpc) is 1.97. The molecule has 0 aliphatic rings. The molecule has 12 heavy (non-hydrogen) atoms. The average molecular weight is 173 g/mol. The van der Waals surface area contributed by atoms with Gasteiger partial charge in [0.15, 0.2) is 0 Å². The van der Waals surface area contributed by atoms with Crippen LogP contribution in [0.3, 0.4) is 0 Å². The van der Waals surface area contributed by atoms with Gasteiger partial charge in [-0.25, -0.2) is 9.37 Å². The predicted molar refractivity (Wildman–Crippen MR) is 35.5 cm³/mol. The lowest BCUT2D eigenvalue weighted by Gasteiger charge is -1.98. The quantitative estimate of drug-likeness (QED) is 0.678. The summed E-state index contributed by atoms with van der Waals surface area (Å²) < 4.78 is 25.3. The molecule has 1 rings (SSSR count). The molecule has 0 atom stereocenters. The molecule has 1 aromatic rings. The lowest BCUT2D eigenvalue weighted by molar-refractivity contribution is -0.136. The lowest BCUT2D eigenvalue weighted by atomic mass is 10.2. The van der Waals surface area contributed by atoms with Crippen LogP contribution >= 0.6 is 0 Å². The van der Waals surface area contributed by atoms with E-state index in [9.17, 15) is 13.6 Å². The highest BCUT2D eigenvalue weighted by Crippen LogP contribution is 2.09. The van der Waals surface area contributed by atoms with Crippen molar-refractivity contribution in [1.82, 2.24) is 4.98 Å². The molecule has 0 amide bonds. The van der Waals surface area contributed by atoms with Gasteiger partial charge in [-0.15, -0.1) is 0 Å². The maximum atomic E-state index is 12.7. The molecular weight excluding hydrogens is 168 g/mol. The monoisotopic (exact) mass is 173 g/mol. The van der Waals surface area contributed by atoms with Gasteiger partial charge in [0.25, 0.3) is 0 Å². The minimum Gasteiger partial charge on any atom is -0.481 e. The van der Waals surface area contributed by atoms with Crippen LogP contribution in [0.5, 0.6) is 0 Å². The normalized spacial score (nSPS) is 9.83. The SMILES string of the molecule is O=C(O)Cc1c(F)ccnc1F. The molecule has 1 N–H and O–H groups in total. The summed E-state index contributed by atoms with van der Waals surface area (Å²) >= 11 is 0. The molecule has 5 heteroatoms. The zero-order valence-electron chi connectivity index (χ0n) is 5.92. The number of rotatable bonds is 2. The van der Waals surface area contributed by atoms with E-state index in [0.717, 1.165) is 12.3 Å². The second-order valence-corrected chi connectivity index (χ2v) is 2.13. The van der Waals surface area contributed by atoms with Crippen molar-refractivity contribution in [2.75, 3.05) is 0 Å². The number of pyridine rings is 1. The van der Waals surface area contributed by atoms with Crippen molar-refractivity contribution < 1.29 is 18.7 Å². The molecule has 1 aromatic heterocycles. The van der Waals surface area contributed by atoms with Gasteiger partial charge < -0.3 is 5.11 Å². The fraction of sp³-hybridized carbons (Fsp3) is 0.143. The summed E-state index contributed by atoms with van der Waals surface area (Å²) in [5.41, 5.74) is -0.509. The number of nitrogens with zero attached hydrogens (tertiary/aromatic N) is 1. The Morgan fingerprint density at radius 2 is 2.25 bits per heavy atom. The van der Waals surface area contributed by atoms with Crippen LogP contribution in [0.15, 0.2) is 12.3 Å². The van der Waals surface area contributed by atoms with Gasteiger partial charge in [0, 0.05) is 6.20 Å². The second-order valence-electron chi connectivity index (χ2n) is 2.13. The molecule has 3 nitrogen and oxygen atoms in total. The Bertz CT molecular complexity index is 294. The Kier molecular flexibility index (Phi) is 2.32. The molecule has 64 valence electrons. The van der Waals surface area contributed by atoms with E-state index in [0.29, 0.717) is 0 Å². The zero-order chi connectivity index (χ0) is 9.14. The Morgan fingerprint density at radius 1 is 1.58 bits per heavy atom. The summed E-state index contributed by atoms with van der Waals surface area (Å²) in [6.07, 6.45) is 0.252. The molecule has 0 fully saturated rings. The predicted octanol–water partition coefficient (Wildman–Crippen LogP) is 0.987. The van der Waals surface area contributed by atoms with Gasteiger partial charge in [-0.05, 0) is 6.07 Å². The largest absolute Gasteiger partial charge is 0.481 e. The topological polar surface area (TPSA) is 50.2 Å². The highest BCUT2D eigenvalue weighted by atomic mass is 19.1. The van der Waals surface area contributed by atoms with Crippen LogP contribution in [0.4, 0.5) is 8.78 Å². The Morgan fingerprint density at radius 3 is 2.75 bits per heavy atom. The van der Waals surface area contributed by atoms with Gasteiger partial charge in [-0.2, -0.15) is 4.39 Å². The fourth-order valence-electron chi connectivity index (χ4n) is 0.754. The van der Waals surface area contributed by atoms with Gasteiger partial charge in [-0.1, -0.05) is 0 Å². The third-order valence-electron chi connectivity index (χ3n) is 1.27. The minimum absolute atomic E-state index is 0.509. The Labute approximate surface area is 66.7 Å². The summed E-state index contributed by atoms with van der Waals surface area (Å²) in [6, 6.07) is 0.918. The Hall–Kier alpha value is -1.52. The third-order valence-corrected chi connectivity index (χ3v) is 1.27. The summed E-state index contributed by atoms with van der Waals surface area (Å²) in [6.45, 7) is 0. The third kappa shape index (κ3) is 1.75. The molecule has 0 radical (unpaired) electrons. The summed E-state index contributed by atoms with van der Waals surface area (Å²) in [7, 11) is 0. The fourth-order valence-corrected chi connectivity index (χ4v) is 0.754. The molecule has 0 aromatic carbocycles. The van der Waals surface area contributed by atoms with Crippen LogP contribution in [0, 0.1) is 11.8 Å². The van der Waals surface area contributed by atoms with Gasteiger partial charge in [-0.3, -0.25) is 4.79 Å². The van der Waals surface area contributed by atoms with Crippen molar-refractivity contribution in [2.24, 2.45) is 0 Å². The first kappa shape index (κ1) is 8.58. The number of aromatic nitrogens is 1. The van der Waals surface area contributed by atoms with E-state index in [-0.39, 0.29) is 0 Å². The summed E-state index contributed by atoms with van der Waals surface area (Å²) in [5.74, 6) is -3.25. The van der Waals surface area contributed by atoms with E-state index in [1.807, 2.05) is 0 Å². The van der Waals surface area contributed by atoms with Crippen molar-refractivity contribution in [2.45, 2.75) is 6.42 Å². The van der Waals surface area contributed by atoms with Gasteiger partial charge >= 0.3 is 5.97 Å². The highest BCUT2D eigenvalue weighted by molar-refractivity contribution is 5.70. The summed E-state index contributed by atoms with van der Waals surface area (Å²) in [4.78, 5) is 13.2. The zero-order valence-corrected chi connectivity index (χ0v) is 5.92. The van der Waals surface area contributed by atoms with Crippen molar-refractivity contribution >= 4 is 5.97 Å². The van der Waals surface area contributed by atoms with Crippen LogP contribution in [0.2, 0.25) is 0 Å². The van der Waals surface area contributed by atoms with E-state index in [1.165, 1.54) is 0 Å². The van der Waals surface area contributed by atoms with Crippen LogP contribution in [0.1, 0.15) is 5.56 Å². The lowest BCUT2D eigenvalue weighted by Crippen LogP contribution is -2.06. The van der Waals surface area contributed by atoms with E-state index < -0.39 is 29.7 Å². The number of halogens is 2. The molecule has 0 aliphatic carbocycles. The number of aliphatic carboxylic acids is 1. The molecule has 0 unspecified atom stereocenters. The molecule has 0 bridgehead atoms. The van der Waals surface area contributed by atoms with Gasteiger partial charge in [0.05, 0.1) is 12.0 Å².